The van der Waals surface area contributed by atoms with E-state index in [1.807, 2.05) is 37.3 Å². The zero-order valence-corrected chi connectivity index (χ0v) is 16.0. The molecule has 2 aromatic carbocycles. The van der Waals surface area contributed by atoms with E-state index < -0.39 is 6.10 Å². The van der Waals surface area contributed by atoms with E-state index in [9.17, 15) is 9.90 Å². The van der Waals surface area contributed by atoms with Crippen LogP contribution in [0.1, 0.15) is 18.6 Å². The van der Waals surface area contributed by atoms with Crippen molar-refractivity contribution < 1.29 is 14.3 Å². The van der Waals surface area contributed by atoms with Gasteiger partial charge in [-0.3, -0.25) is 9.36 Å². The second-order valence-electron chi connectivity index (χ2n) is 6.66. The molecular weight excluding hydrogens is 380 g/mol. The minimum Gasteiger partial charge on any atom is -0.448 e. The van der Waals surface area contributed by atoms with E-state index in [1.165, 1.54) is 10.9 Å². The summed E-state index contributed by atoms with van der Waals surface area (Å²) < 4.78 is 12.7. The number of rotatable bonds is 6. The quantitative estimate of drug-likeness (QED) is 0.532. The summed E-state index contributed by atoms with van der Waals surface area (Å²) in [6.45, 7) is 2.03. The van der Waals surface area contributed by atoms with Gasteiger partial charge in [0, 0.05) is 10.4 Å². The number of nitrogens with zero attached hydrogens (tertiary/aromatic N) is 2. The smallest absolute Gasteiger partial charge is 0.297 e. The molecule has 1 N–H and O–H groups in total. The monoisotopic (exact) mass is 398 g/mol. The third kappa shape index (κ3) is 3.67. The maximum absolute atomic E-state index is 12.7. The summed E-state index contributed by atoms with van der Waals surface area (Å²) in [7, 11) is 0. The Balaban J connectivity index is 1.46. The van der Waals surface area contributed by atoms with Gasteiger partial charge >= 0.3 is 0 Å². The Morgan fingerprint density at radius 3 is 2.75 bits per heavy atom. The van der Waals surface area contributed by atoms with Gasteiger partial charge in [0.25, 0.3) is 5.56 Å². The third-order valence-corrected chi connectivity index (χ3v) is 4.89. The van der Waals surface area contributed by atoms with Crippen molar-refractivity contribution in [1.82, 2.24) is 9.55 Å². The van der Waals surface area contributed by atoms with E-state index in [0.717, 1.165) is 10.9 Å². The Morgan fingerprint density at radius 1 is 1.21 bits per heavy atom. The predicted octanol–water partition coefficient (Wildman–Crippen LogP) is 3.93. The van der Waals surface area contributed by atoms with E-state index in [2.05, 4.69) is 4.98 Å². The van der Waals surface area contributed by atoms with Gasteiger partial charge in [0.15, 0.2) is 0 Å². The van der Waals surface area contributed by atoms with Crippen molar-refractivity contribution in [1.29, 1.82) is 0 Å². The number of halogens is 1. The molecule has 0 saturated carbocycles. The molecule has 0 aliphatic carbocycles. The molecule has 2 aromatic heterocycles. The van der Waals surface area contributed by atoms with Crippen LogP contribution in [0.5, 0.6) is 0 Å². The number of hydrogen-bond acceptors (Lipinski definition) is 5. The number of aromatic nitrogens is 2. The molecular formula is C21H19ClN2O4. The molecule has 0 aliphatic heterocycles. The van der Waals surface area contributed by atoms with Crippen molar-refractivity contribution in [3.63, 3.8) is 0 Å². The highest BCUT2D eigenvalue weighted by Gasteiger charge is 2.16. The van der Waals surface area contributed by atoms with Gasteiger partial charge in [-0.25, -0.2) is 4.98 Å². The number of ether oxygens (including phenoxy) is 1. The molecule has 2 heterocycles. The fraction of sp³-hybridized carbons (Fsp3) is 0.238. The van der Waals surface area contributed by atoms with E-state index >= 15 is 0 Å². The average Bonchev–Trinajstić information content (AvgIpc) is 3.08. The molecule has 0 aliphatic rings. The molecule has 2 atom stereocenters. The molecule has 0 fully saturated rings. The second kappa shape index (κ2) is 7.75. The standard InChI is InChI=1S/C21H19ClN2O4/c1-13(14-6-8-15(22)9-7-14)27-11-16(25)10-24-12-23-19-17-4-2-3-5-18(17)28-20(19)21(24)26/h2-9,12-13,16,25H,10-11H2,1H3/t13-,16-/m1/s1. The molecule has 6 nitrogen and oxygen atoms in total. The van der Waals surface area contributed by atoms with Crippen LogP contribution in [-0.4, -0.2) is 27.4 Å². The molecule has 4 aromatic rings. The van der Waals surface area contributed by atoms with Crippen LogP contribution in [0.2, 0.25) is 5.02 Å². The van der Waals surface area contributed by atoms with Crippen LogP contribution < -0.4 is 5.56 Å². The van der Waals surface area contributed by atoms with Crippen LogP contribution in [0.3, 0.4) is 0 Å². The fourth-order valence-corrected chi connectivity index (χ4v) is 3.24. The van der Waals surface area contributed by atoms with E-state index in [4.69, 9.17) is 20.8 Å². The topological polar surface area (TPSA) is 77.5 Å². The minimum absolute atomic E-state index is 0.0617. The van der Waals surface area contributed by atoms with Crippen LogP contribution >= 0.6 is 11.6 Å². The first kappa shape index (κ1) is 18.7. The molecule has 7 heteroatoms. The van der Waals surface area contributed by atoms with E-state index in [1.54, 1.807) is 18.2 Å². The number of hydrogen-bond donors (Lipinski definition) is 1. The zero-order valence-electron chi connectivity index (χ0n) is 15.2. The molecule has 0 amide bonds. The largest absolute Gasteiger partial charge is 0.448 e. The van der Waals surface area contributed by atoms with Crippen LogP contribution in [0.4, 0.5) is 0 Å². The lowest BCUT2D eigenvalue weighted by Gasteiger charge is -2.17. The Bertz CT molecular complexity index is 1170. The molecule has 0 bridgehead atoms. The van der Waals surface area contributed by atoms with Gasteiger partial charge in [-0.2, -0.15) is 0 Å². The number of fused-ring (bicyclic) bond motifs is 3. The normalized spacial score (nSPS) is 13.8. The van der Waals surface area contributed by atoms with Crippen molar-refractivity contribution in [2.45, 2.75) is 25.7 Å². The van der Waals surface area contributed by atoms with Gasteiger partial charge in [0.2, 0.25) is 5.58 Å². The van der Waals surface area contributed by atoms with Crippen LogP contribution in [-0.2, 0) is 11.3 Å². The summed E-state index contributed by atoms with van der Waals surface area (Å²) in [5.74, 6) is 0. The summed E-state index contributed by atoms with van der Waals surface area (Å²) in [6, 6.07) is 14.7. The highest BCUT2D eigenvalue weighted by atomic mass is 35.5. The first-order chi connectivity index (χ1) is 13.5. The van der Waals surface area contributed by atoms with Crippen LogP contribution in [0, 0.1) is 0 Å². The Kier molecular flexibility index (Phi) is 5.17. The number of aliphatic hydroxyl groups is 1. The minimum atomic E-state index is -0.865. The second-order valence-corrected chi connectivity index (χ2v) is 7.10. The van der Waals surface area contributed by atoms with Crippen molar-refractivity contribution in [3.05, 3.63) is 75.8 Å². The van der Waals surface area contributed by atoms with Crippen LogP contribution in [0.25, 0.3) is 22.1 Å². The molecule has 144 valence electrons. The van der Waals surface area contributed by atoms with Gasteiger partial charge < -0.3 is 14.3 Å². The SMILES string of the molecule is C[C@@H](OC[C@H](O)Cn1cnc2c(oc3ccccc32)c1=O)c1ccc(Cl)cc1. The summed E-state index contributed by atoms with van der Waals surface area (Å²) in [5, 5.41) is 11.8. The lowest BCUT2D eigenvalue weighted by molar-refractivity contribution is -0.00912. The van der Waals surface area contributed by atoms with Crippen molar-refractivity contribution in [2.24, 2.45) is 0 Å². The average molecular weight is 399 g/mol. The van der Waals surface area contributed by atoms with Gasteiger partial charge in [-0.15, -0.1) is 0 Å². The van der Waals surface area contributed by atoms with Gasteiger partial charge in [-0.1, -0.05) is 35.9 Å². The first-order valence-corrected chi connectivity index (χ1v) is 9.32. The molecule has 0 unspecified atom stereocenters. The summed E-state index contributed by atoms with van der Waals surface area (Å²) >= 11 is 5.89. The molecule has 0 radical (unpaired) electrons. The molecule has 28 heavy (non-hydrogen) atoms. The lowest BCUT2D eigenvalue weighted by atomic mass is 10.1. The van der Waals surface area contributed by atoms with Gasteiger partial charge in [0.1, 0.15) is 11.1 Å². The van der Waals surface area contributed by atoms with Crippen molar-refractivity contribution in [3.8, 4) is 0 Å². The summed E-state index contributed by atoms with van der Waals surface area (Å²) in [4.78, 5) is 17.0. The first-order valence-electron chi connectivity index (χ1n) is 8.95. The Hall–Kier alpha value is -2.67. The zero-order chi connectivity index (χ0) is 19.7. The number of furan rings is 1. The molecule has 0 spiro atoms. The number of para-hydroxylation sites is 1. The van der Waals surface area contributed by atoms with Crippen molar-refractivity contribution in [2.75, 3.05) is 6.61 Å². The maximum atomic E-state index is 12.7. The fourth-order valence-electron chi connectivity index (χ4n) is 3.11. The highest BCUT2D eigenvalue weighted by molar-refractivity contribution is 6.30. The Morgan fingerprint density at radius 2 is 1.96 bits per heavy atom. The number of aliphatic hydroxyl groups excluding tert-OH is 1. The van der Waals surface area contributed by atoms with E-state index in [-0.39, 0.29) is 30.4 Å². The molecule has 4 rings (SSSR count). The summed E-state index contributed by atoms with van der Waals surface area (Å²) in [5.41, 5.74) is 1.95. The van der Waals surface area contributed by atoms with Gasteiger partial charge in [-0.05, 0) is 36.8 Å². The lowest BCUT2D eigenvalue weighted by Crippen LogP contribution is -2.29. The third-order valence-electron chi connectivity index (χ3n) is 4.64. The summed E-state index contributed by atoms with van der Waals surface area (Å²) in [6.07, 6.45) is 0.356. The predicted molar refractivity (Wildman–Crippen MR) is 108 cm³/mol. The maximum Gasteiger partial charge on any atom is 0.297 e. The van der Waals surface area contributed by atoms with Gasteiger partial charge in [0.05, 0.1) is 31.7 Å². The van der Waals surface area contributed by atoms with Crippen LogP contribution in [0.15, 0.2) is 64.1 Å². The molecule has 0 saturated heterocycles. The highest BCUT2D eigenvalue weighted by Crippen LogP contribution is 2.24. The van der Waals surface area contributed by atoms with E-state index in [0.29, 0.717) is 16.1 Å². The number of benzene rings is 2. The Labute approximate surface area is 165 Å². The van der Waals surface area contributed by atoms with Crippen molar-refractivity contribution >= 4 is 33.7 Å².